The summed E-state index contributed by atoms with van der Waals surface area (Å²) in [6, 6.07) is 4.20. The van der Waals surface area contributed by atoms with Gasteiger partial charge in [-0.3, -0.25) is 4.79 Å². The van der Waals surface area contributed by atoms with E-state index >= 15 is 0 Å². The van der Waals surface area contributed by atoms with Crippen molar-refractivity contribution in [2.45, 2.75) is 44.3 Å². The van der Waals surface area contributed by atoms with Gasteiger partial charge >= 0.3 is 5.97 Å². The van der Waals surface area contributed by atoms with E-state index in [-0.39, 0.29) is 5.75 Å². The number of nitrogens with zero attached hydrogens (tertiary/aromatic N) is 3. The molecule has 1 N–H and O–H groups in total. The van der Waals surface area contributed by atoms with Crippen molar-refractivity contribution in [1.82, 2.24) is 14.5 Å². The Morgan fingerprint density at radius 2 is 2.24 bits per heavy atom. The standard InChI is InChI=1S/C15H19N3O2S/c1-9-3-6-12-14(16-9)18(10(2)7-11-4-5-11)15(17-12)21-8-13(19)20/h3,6,10-11H,4-5,7-8H2,1-2H3,(H,19,20). The summed E-state index contributed by atoms with van der Waals surface area (Å²) in [4.78, 5) is 20.0. The van der Waals surface area contributed by atoms with Gasteiger partial charge in [0.15, 0.2) is 10.8 Å². The summed E-state index contributed by atoms with van der Waals surface area (Å²) < 4.78 is 2.12. The van der Waals surface area contributed by atoms with Crippen molar-refractivity contribution < 1.29 is 9.90 Å². The molecule has 1 aliphatic rings. The first-order chi connectivity index (χ1) is 10.0. The lowest BCUT2D eigenvalue weighted by Gasteiger charge is -2.16. The second-order valence-electron chi connectivity index (χ2n) is 5.77. The van der Waals surface area contributed by atoms with Crippen LogP contribution in [0.4, 0.5) is 0 Å². The van der Waals surface area contributed by atoms with Crippen LogP contribution in [0.25, 0.3) is 11.2 Å². The lowest BCUT2D eigenvalue weighted by molar-refractivity contribution is -0.133. The minimum atomic E-state index is -0.822. The predicted molar refractivity (Wildman–Crippen MR) is 82.7 cm³/mol. The number of pyridine rings is 1. The van der Waals surface area contributed by atoms with Gasteiger partial charge in [0.1, 0.15) is 5.52 Å². The zero-order chi connectivity index (χ0) is 15.0. The highest BCUT2D eigenvalue weighted by atomic mass is 32.2. The third kappa shape index (κ3) is 3.20. The highest BCUT2D eigenvalue weighted by molar-refractivity contribution is 7.99. The molecule has 2 aromatic heterocycles. The molecule has 2 heterocycles. The molecule has 0 radical (unpaired) electrons. The minimum absolute atomic E-state index is 0.0262. The maximum absolute atomic E-state index is 10.8. The topological polar surface area (TPSA) is 68.0 Å². The zero-order valence-electron chi connectivity index (χ0n) is 12.2. The van der Waals surface area contributed by atoms with Crippen LogP contribution in [-0.2, 0) is 4.79 Å². The van der Waals surface area contributed by atoms with Crippen LogP contribution >= 0.6 is 11.8 Å². The fourth-order valence-corrected chi connectivity index (χ4v) is 3.44. The molecule has 0 amide bonds. The zero-order valence-corrected chi connectivity index (χ0v) is 13.1. The van der Waals surface area contributed by atoms with Crippen LogP contribution in [0, 0.1) is 12.8 Å². The van der Waals surface area contributed by atoms with Gasteiger partial charge in [-0.1, -0.05) is 24.6 Å². The summed E-state index contributed by atoms with van der Waals surface area (Å²) in [7, 11) is 0. The van der Waals surface area contributed by atoms with Gasteiger partial charge in [-0.15, -0.1) is 0 Å². The highest BCUT2D eigenvalue weighted by Crippen LogP contribution is 2.38. The first-order valence-electron chi connectivity index (χ1n) is 7.24. The van der Waals surface area contributed by atoms with Gasteiger partial charge in [0.25, 0.3) is 0 Å². The van der Waals surface area contributed by atoms with Gasteiger partial charge in [-0.25, -0.2) is 9.97 Å². The summed E-state index contributed by atoms with van der Waals surface area (Å²) in [6.07, 6.45) is 3.73. The number of aliphatic carboxylic acids is 1. The van der Waals surface area contributed by atoms with Crippen LogP contribution < -0.4 is 0 Å². The van der Waals surface area contributed by atoms with Crippen LogP contribution in [0.5, 0.6) is 0 Å². The van der Waals surface area contributed by atoms with Gasteiger partial charge in [0.2, 0.25) is 0 Å². The maximum atomic E-state index is 10.8. The Hall–Kier alpha value is -1.56. The van der Waals surface area contributed by atoms with Crippen molar-refractivity contribution in [3.8, 4) is 0 Å². The van der Waals surface area contributed by atoms with Crippen LogP contribution in [0.15, 0.2) is 17.3 Å². The number of hydrogen-bond acceptors (Lipinski definition) is 4. The van der Waals surface area contributed by atoms with E-state index in [0.29, 0.717) is 6.04 Å². The predicted octanol–water partition coefficient (Wildman–Crippen LogP) is 3.28. The number of fused-ring (bicyclic) bond motifs is 1. The largest absolute Gasteiger partial charge is 0.481 e. The van der Waals surface area contributed by atoms with E-state index in [0.717, 1.165) is 34.4 Å². The Morgan fingerprint density at radius 3 is 2.90 bits per heavy atom. The minimum Gasteiger partial charge on any atom is -0.481 e. The first-order valence-corrected chi connectivity index (χ1v) is 8.23. The quantitative estimate of drug-likeness (QED) is 0.830. The number of carboxylic acid groups (broad SMARTS) is 1. The summed E-state index contributed by atoms with van der Waals surface area (Å²) in [5.41, 5.74) is 2.67. The average Bonchev–Trinajstić information content (AvgIpc) is 3.15. The summed E-state index contributed by atoms with van der Waals surface area (Å²) in [5.74, 6) is 0.00974. The first kappa shape index (κ1) is 14.4. The summed E-state index contributed by atoms with van der Waals surface area (Å²) in [5, 5.41) is 9.67. The lowest BCUT2D eigenvalue weighted by Crippen LogP contribution is -2.09. The fraction of sp³-hybridized carbons (Fsp3) is 0.533. The molecule has 0 aliphatic heterocycles. The van der Waals surface area contributed by atoms with Gasteiger partial charge in [-0.2, -0.15) is 0 Å². The van der Waals surface area contributed by atoms with Crippen LogP contribution in [0.1, 0.15) is 37.9 Å². The molecule has 5 nitrogen and oxygen atoms in total. The molecule has 0 spiro atoms. The second-order valence-corrected chi connectivity index (χ2v) is 6.71. The molecule has 6 heteroatoms. The third-order valence-corrected chi connectivity index (χ3v) is 4.72. The van der Waals surface area contributed by atoms with Crippen molar-refractivity contribution in [2.24, 2.45) is 5.92 Å². The molecule has 1 unspecified atom stereocenters. The molecule has 0 saturated heterocycles. The average molecular weight is 305 g/mol. The van der Waals surface area contributed by atoms with Gasteiger partial charge in [-0.05, 0) is 38.3 Å². The molecule has 1 fully saturated rings. The number of thioether (sulfide) groups is 1. The monoisotopic (exact) mass is 305 g/mol. The van der Waals surface area contributed by atoms with E-state index in [2.05, 4.69) is 21.5 Å². The smallest absolute Gasteiger partial charge is 0.313 e. The van der Waals surface area contributed by atoms with E-state index < -0.39 is 5.97 Å². The van der Waals surface area contributed by atoms with Crippen LogP contribution in [0.2, 0.25) is 0 Å². The molecule has 2 aromatic rings. The number of carbonyl (C=O) groups is 1. The molecule has 1 atom stereocenters. The Labute approximate surface area is 127 Å². The van der Waals surface area contributed by atoms with Crippen molar-refractivity contribution in [1.29, 1.82) is 0 Å². The fourth-order valence-electron chi connectivity index (χ4n) is 2.61. The Balaban J connectivity index is 1.99. The summed E-state index contributed by atoms with van der Waals surface area (Å²) >= 11 is 1.27. The normalized spacial score (nSPS) is 16.3. The van der Waals surface area contributed by atoms with Gasteiger partial charge in [0.05, 0.1) is 5.75 Å². The van der Waals surface area contributed by atoms with Crippen LogP contribution in [0.3, 0.4) is 0 Å². The number of hydrogen-bond donors (Lipinski definition) is 1. The lowest BCUT2D eigenvalue weighted by atomic mass is 10.1. The van der Waals surface area contributed by atoms with Crippen molar-refractivity contribution >= 4 is 28.9 Å². The number of aromatic nitrogens is 3. The van der Waals surface area contributed by atoms with E-state index in [4.69, 9.17) is 5.11 Å². The molecule has 3 rings (SSSR count). The Bertz CT molecular complexity index is 679. The van der Waals surface area contributed by atoms with Crippen molar-refractivity contribution in [2.75, 3.05) is 5.75 Å². The summed E-state index contributed by atoms with van der Waals surface area (Å²) in [6.45, 7) is 4.14. The van der Waals surface area contributed by atoms with Crippen molar-refractivity contribution in [3.63, 3.8) is 0 Å². The number of rotatable bonds is 6. The molecule has 1 saturated carbocycles. The van der Waals surface area contributed by atoms with Crippen molar-refractivity contribution in [3.05, 3.63) is 17.8 Å². The van der Waals surface area contributed by atoms with E-state index in [1.54, 1.807) is 0 Å². The SMILES string of the molecule is Cc1ccc2nc(SCC(=O)O)n(C(C)CC3CC3)c2n1. The van der Waals surface area contributed by atoms with Gasteiger partial charge in [0, 0.05) is 11.7 Å². The van der Waals surface area contributed by atoms with Crippen LogP contribution in [-0.4, -0.2) is 31.4 Å². The second kappa shape index (κ2) is 5.67. The molecule has 112 valence electrons. The van der Waals surface area contributed by atoms with E-state index in [1.165, 1.54) is 24.6 Å². The molecule has 0 aromatic carbocycles. The third-order valence-electron chi connectivity index (χ3n) is 3.78. The van der Waals surface area contributed by atoms with E-state index in [9.17, 15) is 4.79 Å². The number of carboxylic acids is 1. The molecular weight excluding hydrogens is 286 g/mol. The molecular formula is C15H19N3O2S. The van der Waals surface area contributed by atoms with Gasteiger partial charge < -0.3 is 9.67 Å². The highest BCUT2D eigenvalue weighted by Gasteiger charge is 2.27. The Morgan fingerprint density at radius 1 is 1.48 bits per heavy atom. The maximum Gasteiger partial charge on any atom is 0.313 e. The number of aryl methyl sites for hydroxylation is 1. The van der Waals surface area contributed by atoms with E-state index in [1.807, 2.05) is 19.1 Å². The Kier molecular flexibility index (Phi) is 3.89. The number of imidazole rings is 1. The molecule has 0 bridgehead atoms. The molecule has 1 aliphatic carbocycles. The molecule has 21 heavy (non-hydrogen) atoms.